The van der Waals surface area contributed by atoms with Crippen molar-refractivity contribution in [2.75, 3.05) is 0 Å². The average molecular weight is 735 g/mol. The Morgan fingerprint density at radius 2 is 1.00 bits per heavy atom. The van der Waals surface area contributed by atoms with Crippen molar-refractivity contribution in [2.24, 2.45) is 0 Å². The fourth-order valence-corrected chi connectivity index (χ4v) is 10.6. The Kier molecular flexibility index (Phi) is 7.93. The van der Waals surface area contributed by atoms with Crippen LogP contribution in [-0.2, 0) is 10.8 Å². The number of fused-ring (bicyclic) bond motifs is 8. The summed E-state index contributed by atoms with van der Waals surface area (Å²) in [6.45, 7) is 4.81. The summed E-state index contributed by atoms with van der Waals surface area (Å²) < 4.78 is 0. The second kappa shape index (κ2) is 13.2. The highest BCUT2D eigenvalue weighted by molar-refractivity contribution is 5.92. The molecule has 6 aromatic carbocycles. The molecule has 7 aromatic rings. The van der Waals surface area contributed by atoms with Crippen molar-refractivity contribution in [1.29, 1.82) is 0 Å². The molecule has 0 N–H and O–H groups in total. The Morgan fingerprint density at radius 3 is 1.70 bits per heavy atom. The van der Waals surface area contributed by atoms with E-state index in [2.05, 4.69) is 172 Å². The second-order valence-corrected chi connectivity index (χ2v) is 17.1. The third kappa shape index (κ3) is 5.37. The zero-order valence-electron chi connectivity index (χ0n) is 32.9. The quantitative estimate of drug-likeness (QED) is 0.176. The number of rotatable bonds is 5. The topological polar surface area (TPSA) is 25.8 Å². The molecular weight excluding hydrogens is 689 g/mol. The summed E-state index contributed by atoms with van der Waals surface area (Å²) in [6.07, 6.45) is 14.9. The molecule has 1 fully saturated rings. The van der Waals surface area contributed by atoms with E-state index < -0.39 is 0 Å². The number of allylic oxidation sites excluding steroid dienone is 4. The Morgan fingerprint density at radius 1 is 0.439 bits per heavy atom. The molecule has 0 amide bonds. The lowest BCUT2D eigenvalue weighted by Gasteiger charge is -2.36. The molecule has 1 spiro atoms. The smallest absolute Gasteiger partial charge is 0.0973 e. The van der Waals surface area contributed by atoms with Crippen LogP contribution in [0.5, 0.6) is 0 Å². The van der Waals surface area contributed by atoms with Crippen LogP contribution in [0, 0.1) is 0 Å². The number of aromatic nitrogens is 2. The van der Waals surface area contributed by atoms with Crippen molar-refractivity contribution in [1.82, 2.24) is 9.97 Å². The highest BCUT2D eigenvalue weighted by atomic mass is 14.9. The summed E-state index contributed by atoms with van der Waals surface area (Å²) in [5.74, 6) is 0. The molecule has 0 radical (unpaired) electrons. The van der Waals surface area contributed by atoms with E-state index in [4.69, 9.17) is 9.97 Å². The number of hydrogen-bond donors (Lipinski definition) is 0. The minimum atomic E-state index is -0.0255. The van der Waals surface area contributed by atoms with Gasteiger partial charge in [0, 0.05) is 27.5 Å². The number of hydrogen-bond acceptors (Lipinski definition) is 2. The molecule has 11 rings (SSSR count). The molecule has 276 valence electrons. The van der Waals surface area contributed by atoms with Crippen LogP contribution in [-0.4, -0.2) is 9.97 Å². The zero-order chi connectivity index (χ0) is 38.1. The van der Waals surface area contributed by atoms with Crippen LogP contribution in [0.15, 0.2) is 158 Å². The van der Waals surface area contributed by atoms with Crippen LogP contribution in [0.3, 0.4) is 0 Å². The van der Waals surface area contributed by atoms with Gasteiger partial charge >= 0.3 is 0 Å². The van der Waals surface area contributed by atoms with Crippen molar-refractivity contribution in [3.05, 3.63) is 186 Å². The lowest BCUT2D eigenvalue weighted by molar-refractivity contribution is 0.353. The van der Waals surface area contributed by atoms with E-state index in [1.807, 2.05) is 0 Å². The Bertz CT molecular complexity index is 2760. The van der Waals surface area contributed by atoms with Crippen LogP contribution in [0.1, 0.15) is 86.7 Å². The van der Waals surface area contributed by atoms with E-state index in [0.717, 1.165) is 52.3 Å². The van der Waals surface area contributed by atoms with E-state index >= 15 is 0 Å². The van der Waals surface area contributed by atoms with Crippen molar-refractivity contribution in [3.63, 3.8) is 0 Å². The molecule has 0 aliphatic heterocycles. The van der Waals surface area contributed by atoms with Gasteiger partial charge < -0.3 is 0 Å². The minimum Gasteiger partial charge on any atom is -0.244 e. The largest absolute Gasteiger partial charge is 0.244 e. The van der Waals surface area contributed by atoms with Gasteiger partial charge in [-0.2, -0.15) is 0 Å². The van der Waals surface area contributed by atoms with Gasteiger partial charge in [-0.25, -0.2) is 9.97 Å². The highest BCUT2D eigenvalue weighted by Gasteiger charge is 2.46. The van der Waals surface area contributed by atoms with Crippen molar-refractivity contribution in [3.8, 4) is 67.2 Å². The molecule has 2 heteroatoms. The van der Waals surface area contributed by atoms with Gasteiger partial charge in [0.05, 0.1) is 22.8 Å². The van der Waals surface area contributed by atoms with Crippen LogP contribution in [0.2, 0.25) is 0 Å². The molecule has 4 aliphatic carbocycles. The predicted octanol–water partition coefficient (Wildman–Crippen LogP) is 14.4. The van der Waals surface area contributed by atoms with Gasteiger partial charge in [0.1, 0.15) is 0 Å². The van der Waals surface area contributed by atoms with Gasteiger partial charge in [0.15, 0.2) is 0 Å². The summed E-state index contributed by atoms with van der Waals surface area (Å²) in [7, 11) is 0. The standard InChI is InChI=1S/C55H46N2/c1-54(2)46-24-14-13-23-42(46)44-35-49-45(34-48(44)54)43-33-41(29-30-47(43)55(49)31-15-6-16-32-55)36-25-27-40(28-26-36)53-52(39-21-11-5-12-22-39)56-50(37-17-7-3-8-18-37)51(57-53)38-19-9-4-10-20-38/h3-5,7-11,13-14,17-21,23-30,33-35H,6,12,15-16,22,31-32H2,1-2H3. The van der Waals surface area contributed by atoms with Crippen LogP contribution >= 0.6 is 0 Å². The van der Waals surface area contributed by atoms with E-state index in [1.165, 1.54) is 87.7 Å². The normalized spacial score (nSPS) is 16.8. The Labute approximate surface area is 336 Å². The first-order valence-corrected chi connectivity index (χ1v) is 20.9. The monoisotopic (exact) mass is 734 g/mol. The fourth-order valence-electron chi connectivity index (χ4n) is 10.6. The van der Waals surface area contributed by atoms with Gasteiger partial charge in [-0.15, -0.1) is 0 Å². The molecule has 1 saturated carbocycles. The first-order chi connectivity index (χ1) is 28.0. The number of benzene rings is 6. The summed E-state index contributed by atoms with van der Waals surface area (Å²) in [5.41, 5.74) is 22.5. The molecule has 0 unspecified atom stereocenters. The van der Waals surface area contributed by atoms with Gasteiger partial charge in [0.25, 0.3) is 0 Å². The van der Waals surface area contributed by atoms with Crippen molar-refractivity contribution in [2.45, 2.75) is 69.6 Å². The average Bonchev–Trinajstić information content (AvgIpc) is 3.66. The first kappa shape index (κ1) is 34.2. The number of nitrogens with zero attached hydrogens (tertiary/aromatic N) is 2. The van der Waals surface area contributed by atoms with E-state index in [1.54, 1.807) is 5.56 Å². The first-order valence-electron chi connectivity index (χ1n) is 20.9. The predicted molar refractivity (Wildman–Crippen MR) is 237 cm³/mol. The SMILES string of the molecule is CC1(C)c2ccccc2-c2cc3c(cc21)-c1cc(-c2ccc(-c4nc(-c5ccccc5)c(-c5ccccc5)nc4C4=CC=CCC4)cc2)ccc1C31CCCCC1. The highest BCUT2D eigenvalue weighted by Crippen LogP contribution is 2.60. The van der Waals surface area contributed by atoms with Gasteiger partial charge in [-0.3, -0.25) is 0 Å². The van der Waals surface area contributed by atoms with Crippen LogP contribution < -0.4 is 0 Å². The molecule has 0 bridgehead atoms. The maximum absolute atomic E-state index is 5.52. The molecule has 4 aliphatic rings. The summed E-state index contributed by atoms with van der Waals surface area (Å²) in [5, 5.41) is 0. The lowest BCUT2D eigenvalue weighted by Crippen LogP contribution is -2.28. The van der Waals surface area contributed by atoms with E-state index in [9.17, 15) is 0 Å². The molecule has 0 saturated heterocycles. The van der Waals surface area contributed by atoms with Crippen LogP contribution in [0.25, 0.3) is 72.7 Å². The second-order valence-electron chi connectivity index (χ2n) is 17.1. The summed E-state index contributed by atoms with van der Waals surface area (Å²) >= 11 is 0. The lowest BCUT2D eigenvalue weighted by atomic mass is 9.67. The summed E-state index contributed by atoms with van der Waals surface area (Å²) in [4.78, 5) is 11.0. The molecule has 1 heterocycles. The summed E-state index contributed by atoms with van der Waals surface area (Å²) in [6, 6.07) is 51.8. The third-order valence-electron chi connectivity index (χ3n) is 13.6. The fraction of sp³-hybridized carbons (Fsp3) is 0.200. The Balaban J connectivity index is 1.03. The molecule has 0 atom stereocenters. The molecular formula is C55H46N2. The maximum Gasteiger partial charge on any atom is 0.0973 e. The van der Waals surface area contributed by atoms with E-state index in [0.29, 0.717) is 0 Å². The maximum atomic E-state index is 5.52. The molecule has 1 aromatic heterocycles. The van der Waals surface area contributed by atoms with Crippen molar-refractivity contribution < 1.29 is 0 Å². The van der Waals surface area contributed by atoms with Gasteiger partial charge in [-0.05, 0) is 105 Å². The van der Waals surface area contributed by atoms with Crippen LogP contribution in [0.4, 0.5) is 0 Å². The Hall–Kier alpha value is -6.12. The van der Waals surface area contributed by atoms with E-state index in [-0.39, 0.29) is 10.8 Å². The van der Waals surface area contributed by atoms with Gasteiger partial charge in [0.2, 0.25) is 0 Å². The molecule has 57 heavy (non-hydrogen) atoms. The zero-order valence-corrected chi connectivity index (χ0v) is 32.9. The minimum absolute atomic E-state index is 0.0255. The van der Waals surface area contributed by atoms with Crippen molar-refractivity contribution >= 4 is 5.57 Å². The third-order valence-corrected chi connectivity index (χ3v) is 13.6. The molecule has 2 nitrogen and oxygen atoms in total. The van der Waals surface area contributed by atoms with Gasteiger partial charge in [-0.1, -0.05) is 173 Å².